The Kier molecular flexibility index (Phi) is 8.62. The fraction of sp³-hybridized carbons (Fsp3) is 0.192. The van der Waals surface area contributed by atoms with Crippen molar-refractivity contribution in [2.75, 3.05) is 0 Å². The second-order valence-electron chi connectivity index (χ2n) is 7.61. The topological polar surface area (TPSA) is 134 Å². The summed E-state index contributed by atoms with van der Waals surface area (Å²) in [6.45, 7) is 0.476. The van der Waals surface area contributed by atoms with E-state index in [2.05, 4.69) is 5.32 Å². The molecule has 8 heteroatoms. The summed E-state index contributed by atoms with van der Waals surface area (Å²) in [7, 11) is 0. The van der Waals surface area contributed by atoms with Crippen molar-refractivity contribution in [1.82, 2.24) is 5.32 Å². The minimum Gasteiger partial charge on any atom is -0.485 e. The number of nitrogens with two attached hydrogens (primary N) is 2. The van der Waals surface area contributed by atoms with E-state index in [4.69, 9.17) is 20.9 Å². The van der Waals surface area contributed by atoms with Gasteiger partial charge in [0.1, 0.15) is 19.3 Å². The Morgan fingerprint density at radius 2 is 1.35 bits per heavy atom. The highest BCUT2D eigenvalue weighted by atomic mass is 16.5. The molecule has 0 aliphatic heterocycles. The van der Waals surface area contributed by atoms with Gasteiger partial charge in [-0.1, -0.05) is 66.7 Å². The summed E-state index contributed by atoms with van der Waals surface area (Å²) in [6, 6.07) is 22.9. The molecule has 0 aliphatic carbocycles. The molecule has 0 saturated heterocycles. The first-order valence-corrected chi connectivity index (χ1v) is 10.8. The van der Waals surface area contributed by atoms with E-state index in [1.54, 1.807) is 18.2 Å². The monoisotopic (exact) mass is 461 g/mol. The van der Waals surface area contributed by atoms with Crippen LogP contribution in [0.1, 0.15) is 34.3 Å². The Morgan fingerprint density at radius 3 is 1.91 bits per heavy atom. The number of primary amides is 2. The van der Waals surface area contributed by atoms with Crippen LogP contribution < -0.4 is 26.3 Å². The highest BCUT2D eigenvalue weighted by Gasteiger charge is 2.23. The third-order valence-corrected chi connectivity index (χ3v) is 5.01. The molecule has 3 aromatic carbocycles. The van der Waals surface area contributed by atoms with E-state index in [0.29, 0.717) is 5.75 Å². The number of rotatable bonds is 12. The molecule has 0 aliphatic rings. The lowest BCUT2D eigenvalue weighted by Crippen LogP contribution is -2.45. The van der Waals surface area contributed by atoms with E-state index in [-0.39, 0.29) is 37.4 Å². The average molecular weight is 462 g/mol. The number of benzene rings is 3. The molecule has 0 spiro atoms. The van der Waals surface area contributed by atoms with Crippen LogP contribution >= 0.6 is 0 Å². The van der Waals surface area contributed by atoms with Crippen LogP contribution in [-0.2, 0) is 22.8 Å². The zero-order valence-corrected chi connectivity index (χ0v) is 18.6. The number of carbonyl (C=O) groups is 3. The van der Waals surface area contributed by atoms with Crippen molar-refractivity contribution in [3.05, 3.63) is 95.6 Å². The molecule has 0 saturated carbocycles. The lowest BCUT2D eigenvalue weighted by molar-refractivity contribution is -0.120. The van der Waals surface area contributed by atoms with Crippen LogP contribution in [0.4, 0.5) is 0 Å². The maximum absolute atomic E-state index is 13.1. The molecule has 176 valence electrons. The van der Waals surface area contributed by atoms with Gasteiger partial charge in [-0.15, -0.1) is 0 Å². The summed E-state index contributed by atoms with van der Waals surface area (Å²) in [5.41, 5.74) is 12.6. The fourth-order valence-electron chi connectivity index (χ4n) is 3.23. The normalized spacial score (nSPS) is 11.3. The Hall–Kier alpha value is -4.33. The van der Waals surface area contributed by atoms with Crippen molar-refractivity contribution >= 4 is 17.7 Å². The zero-order chi connectivity index (χ0) is 24.3. The van der Waals surface area contributed by atoms with Crippen molar-refractivity contribution in [2.24, 2.45) is 11.5 Å². The van der Waals surface area contributed by atoms with Crippen LogP contribution in [0.3, 0.4) is 0 Å². The van der Waals surface area contributed by atoms with E-state index < -0.39 is 23.8 Å². The molecule has 0 unspecified atom stereocenters. The standard InChI is InChI=1S/C26H27N3O5/c27-23(30)15-14-21(25(28)31)29-26(32)20-12-7-13-22(33-16-18-8-3-1-4-9-18)24(20)34-17-19-10-5-2-6-11-19/h1-13,21H,14-17H2,(H2,27,30)(H2,28,31)(H,29,32)/t21-/m0/s1. The molecule has 5 N–H and O–H groups in total. The zero-order valence-electron chi connectivity index (χ0n) is 18.6. The molecule has 0 aromatic heterocycles. The van der Waals surface area contributed by atoms with E-state index in [9.17, 15) is 14.4 Å². The van der Waals surface area contributed by atoms with Crippen molar-refractivity contribution in [2.45, 2.75) is 32.1 Å². The van der Waals surface area contributed by atoms with E-state index >= 15 is 0 Å². The van der Waals surface area contributed by atoms with Crippen LogP contribution in [0, 0.1) is 0 Å². The quantitative estimate of drug-likeness (QED) is 0.381. The van der Waals surface area contributed by atoms with Crippen molar-refractivity contribution < 1.29 is 23.9 Å². The van der Waals surface area contributed by atoms with Gasteiger partial charge in [-0.05, 0) is 29.7 Å². The number of ether oxygens (including phenoxy) is 2. The van der Waals surface area contributed by atoms with Crippen molar-refractivity contribution in [3.8, 4) is 11.5 Å². The molecule has 3 rings (SSSR count). The summed E-state index contributed by atoms with van der Waals surface area (Å²) in [6.07, 6.45) is -0.0910. The van der Waals surface area contributed by atoms with Gasteiger partial charge in [0.15, 0.2) is 11.5 Å². The van der Waals surface area contributed by atoms with Crippen molar-refractivity contribution in [1.29, 1.82) is 0 Å². The van der Waals surface area contributed by atoms with Gasteiger partial charge in [-0.25, -0.2) is 0 Å². The maximum atomic E-state index is 13.1. The van der Waals surface area contributed by atoms with Crippen LogP contribution in [-0.4, -0.2) is 23.8 Å². The number of carbonyl (C=O) groups excluding carboxylic acids is 3. The number of amides is 3. The molecule has 3 amide bonds. The first-order valence-electron chi connectivity index (χ1n) is 10.8. The van der Waals surface area contributed by atoms with Gasteiger partial charge in [0.05, 0.1) is 5.56 Å². The lowest BCUT2D eigenvalue weighted by atomic mass is 10.1. The Bertz CT molecular complexity index is 1120. The van der Waals surface area contributed by atoms with Crippen LogP contribution in [0.2, 0.25) is 0 Å². The van der Waals surface area contributed by atoms with Crippen molar-refractivity contribution in [3.63, 3.8) is 0 Å². The fourth-order valence-corrected chi connectivity index (χ4v) is 3.23. The second kappa shape index (κ2) is 12.1. The summed E-state index contributed by atoms with van der Waals surface area (Å²) in [4.78, 5) is 36.0. The molecular formula is C26H27N3O5. The molecule has 0 fully saturated rings. The molecular weight excluding hydrogens is 434 g/mol. The van der Waals surface area contributed by atoms with Gasteiger partial charge >= 0.3 is 0 Å². The smallest absolute Gasteiger partial charge is 0.255 e. The molecule has 0 heterocycles. The van der Waals surface area contributed by atoms with Crippen LogP contribution in [0.15, 0.2) is 78.9 Å². The largest absolute Gasteiger partial charge is 0.485 e. The third kappa shape index (κ3) is 7.09. The summed E-state index contributed by atoms with van der Waals surface area (Å²) >= 11 is 0. The van der Waals surface area contributed by atoms with E-state index in [1.807, 2.05) is 60.7 Å². The summed E-state index contributed by atoms with van der Waals surface area (Å²) < 4.78 is 12.0. The molecule has 0 bridgehead atoms. The first kappa shape index (κ1) is 24.3. The SMILES string of the molecule is NC(=O)CC[C@H](NC(=O)c1cccc(OCc2ccccc2)c1OCc1ccccc1)C(N)=O. The Balaban J connectivity index is 1.85. The minimum atomic E-state index is -1.06. The predicted molar refractivity (Wildman–Crippen MR) is 127 cm³/mol. The van der Waals surface area contributed by atoms with Crippen LogP contribution in [0.25, 0.3) is 0 Å². The van der Waals surface area contributed by atoms with Gasteiger partial charge in [-0.3, -0.25) is 14.4 Å². The predicted octanol–water partition coefficient (Wildman–Crippen LogP) is 2.69. The molecule has 0 radical (unpaired) electrons. The second-order valence-corrected chi connectivity index (χ2v) is 7.61. The molecule has 34 heavy (non-hydrogen) atoms. The van der Waals surface area contributed by atoms with Gasteiger partial charge in [0, 0.05) is 6.42 Å². The van der Waals surface area contributed by atoms with E-state index in [1.165, 1.54) is 0 Å². The summed E-state index contributed by atoms with van der Waals surface area (Å²) in [5, 5.41) is 2.57. The molecule has 3 aromatic rings. The average Bonchev–Trinajstić information content (AvgIpc) is 2.85. The minimum absolute atomic E-state index is 0.000804. The Labute approximate surface area is 197 Å². The first-order chi connectivity index (χ1) is 16.4. The van der Waals surface area contributed by atoms with Gasteiger partial charge in [0.2, 0.25) is 11.8 Å². The van der Waals surface area contributed by atoms with Gasteiger partial charge < -0.3 is 26.3 Å². The summed E-state index contributed by atoms with van der Waals surface area (Å²) in [5.74, 6) is -1.33. The highest BCUT2D eigenvalue weighted by Crippen LogP contribution is 2.33. The third-order valence-electron chi connectivity index (χ3n) is 5.01. The Morgan fingerprint density at radius 1 is 0.765 bits per heavy atom. The lowest BCUT2D eigenvalue weighted by Gasteiger charge is -2.19. The molecule has 1 atom stereocenters. The highest BCUT2D eigenvalue weighted by molar-refractivity contribution is 6.00. The van der Waals surface area contributed by atoms with Crippen LogP contribution in [0.5, 0.6) is 11.5 Å². The molecule has 8 nitrogen and oxygen atoms in total. The maximum Gasteiger partial charge on any atom is 0.255 e. The van der Waals surface area contributed by atoms with Gasteiger partial charge in [-0.2, -0.15) is 0 Å². The number of para-hydroxylation sites is 1. The number of hydrogen-bond donors (Lipinski definition) is 3. The van der Waals surface area contributed by atoms with E-state index in [0.717, 1.165) is 11.1 Å². The number of hydrogen-bond acceptors (Lipinski definition) is 5. The number of nitrogens with one attached hydrogen (secondary N) is 1. The van der Waals surface area contributed by atoms with Gasteiger partial charge in [0.25, 0.3) is 5.91 Å².